The summed E-state index contributed by atoms with van der Waals surface area (Å²) in [6.45, 7) is 1.97. The molecule has 0 aromatic carbocycles. The maximum Gasteiger partial charge on any atom is 0.157 e. The van der Waals surface area contributed by atoms with Crippen molar-refractivity contribution in [2.75, 3.05) is 0 Å². The lowest BCUT2D eigenvalue weighted by Gasteiger charge is -2.07. The molecule has 92 valence electrons. The Bertz CT molecular complexity index is 662. The van der Waals surface area contributed by atoms with Crippen LogP contribution in [0.1, 0.15) is 30.1 Å². The van der Waals surface area contributed by atoms with Crippen molar-refractivity contribution >= 4 is 28.1 Å². The monoisotopic (exact) mass is 321 g/mol. The van der Waals surface area contributed by atoms with Crippen LogP contribution in [0.25, 0.3) is 11.5 Å². The molecular formula is C13H12BrN3S. The number of nitrogens with one attached hydrogen (secondary N) is 1. The fourth-order valence-electron chi connectivity index (χ4n) is 1.93. The Kier molecular flexibility index (Phi) is 3.03. The van der Waals surface area contributed by atoms with Crippen molar-refractivity contribution in [3.63, 3.8) is 0 Å². The van der Waals surface area contributed by atoms with Gasteiger partial charge in [-0.2, -0.15) is 0 Å². The number of H-pyrrole nitrogens is 1. The van der Waals surface area contributed by atoms with Gasteiger partial charge in [-0.3, -0.25) is 0 Å². The predicted octanol–water partition coefficient (Wildman–Crippen LogP) is 4.15. The molecule has 0 unspecified atom stereocenters. The number of nitrogens with zero attached hydrogens (tertiary/aromatic N) is 2. The van der Waals surface area contributed by atoms with E-state index in [1.807, 2.05) is 25.1 Å². The van der Waals surface area contributed by atoms with E-state index in [0.717, 1.165) is 27.4 Å². The maximum absolute atomic E-state index is 5.30. The largest absolute Gasteiger partial charge is 0.341 e. The SMILES string of the molecule is Cc1cccc(-c2nc(=S)c(Br)c(C3CC3)[nH]2)n1. The van der Waals surface area contributed by atoms with Gasteiger partial charge in [0.1, 0.15) is 10.3 Å². The fraction of sp³-hybridized carbons (Fsp3) is 0.308. The van der Waals surface area contributed by atoms with E-state index in [4.69, 9.17) is 12.2 Å². The second-order valence-corrected chi connectivity index (χ2v) is 5.74. The highest BCUT2D eigenvalue weighted by atomic mass is 79.9. The molecule has 0 spiro atoms. The van der Waals surface area contributed by atoms with E-state index in [9.17, 15) is 0 Å². The van der Waals surface area contributed by atoms with Gasteiger partial charge < -0.3 is 4.98 Å². The van der Waals surface area contributed by atoms with E-state index >= 15 is 0 Å². The van der Waals surface area contributed by atoms with Crippen molar-refractivity contribution in [2.45, 2.75) is 25.7 Å². The van der Waals surface area contributed by atoms with Gasteiger partial charge >= 0.3 is 0 Å². The van der Waals surface area contributed by atoms with Crippen LogP contribution in [0.5, 0.6) is 0 Å². The predicted molar refractivity (Wildman–Crippen MR) is 77.1 cm³/mol. The van der Waals surface area contributed by atoms with Gasteiger partial charge in [-0.15, -0.1) is 0 Å². The second kappa shape index (κ2) is 4.55. The summed E-state index contributed by atoms with van der Waals surface area (Å²) in [4.78, 5) is 12.3. The molecule has 3 rings (SSSR count). The molecule has 0 aliphatic heterocycles. The van der Waals surface area contributed by atoms with E-state index in [0.29, 0.717) is 10.6 Å². The van der Waals surface area contributed by atoms with Gasteiger partial charge in [0.25, 0.3) is 0 Å². The number of halogens is 1. The molecule has 5 heteroatoms. The highest BCUT2D eigenvalue weighted by molar-refractivity contribution is 9.10. The van der Waals surface area contributed by atoms with E-state index in [-0.39, 0.29) is 0 Å². The molecule has 0 saturated heterocycles. The van der Waals surface area contributed by atoms with Crippen molar-refractivity contribution in [1.29, 1.82) is 0 Å². The molecule has 2 aromatic rings. The summed E-state index contributed by atoms with van der Waals surface area (Å²) in [6.07, 6.45) is 2.43. The molecule has 3 nitrogen and oxygen atoms in total. The van der Waals surface area contributed by atoms with Crippen LogP contribution in [0.4, 0.5) is 0 Å². The van der Waals surface area contributed by atoms with Crippen molar-refractivity contribution in [1.82, 2.24) is 15.0 Å². The number of hydrogen-bond donors (Lipinski definition) is 1. The summed E-state index contributed by atoms with van der Waals surface area (Å²) in [7, 11) is 0. The molecule has 0 bridgehead atoms. The first-order valence-electron chi connectivity index (χ1n) is 5.89. The van der Waals surface area contributed by atoms with Crippen LogP contribution in [-0.4, -0.2) is 15.0 Å². The molecule has 1 saturated carbocycles. The Hall–Kier alpha value is -1.07. The number of rotatable bonds is 2. The lowest BCUT2D eigenvalue weighted by Crippen LogP contribution is -1.99. The third-order valence-corrected chi connectivity index (χ3v) is 4.37. The van der Waals surface area contributed by atoms with Crippen LogP contribution >= 0.6 is 28.1 Å². The van der Waals surface area contributed by atoms with Crippen LogP contribution in [0.3, 0.4) is 0 Å². The Morgan fingerprint density at radius 1 is 1.33 bits per heavy atom. The highest BCUT2D eigenvalue weighted by Gasteiger charge is 2.27. The van der Waals surface area contributed by atoms with E-state index in [1.165, 1.54) is 12.8 Å². The molecule has 1 aliphatic carbocycles. The van der Waals surface area contributed by atoms with Crippen LogP contribution in [-0.2, 0) is 0 Å². The van der Waals surface area contributed by atoms with Crippen molar-refractivity contribution in [2.24, 2.45) is 0 Å². The summed E-state index contributed by atoms with van der Waals surface area (Å²) in [5.74, 6) is 1.35. The summed E-state index contributed by atoms with van der Waals surface area (Å²) in [5.41, 5.74) is 2.98. The molecule has 2 heterocycles. The fourth-order valence-corrected chi connectivity index (χ4v) is 2.64. The third-order valence-electron chi connectivity index (χ3n) is 3.01. The number of aromatic amines is 1. The Labute approximate surface area is 119 Å². The second-order valence-electron chi connectivity index (χ2n) is 4.56. The minimum Gasteiger partial charge on any atom is -0.341 e. The summed E-state index contributed by atoms with van der Waals surface area (Å²) >= 11 is 8.83. The van der Waals surface area contributed by atoms with Gasteiger partial charge in [0, 0.05) is 17.3 Å². The van der Waals surface area contributed by atoms with Crippen molar-refractivity contribution in [3.8, 4) is 11.5 Å². The quantitative estimate of drug-likeness (QED) is 0.845. The number of aryl methyl sites for hydroxylation is 1. The first-order valence-corrected chi connectivity index (χ1v) is 7.09. The molecular weight excluding hydrogens is 310 g/mol. The number of aromatic nitrogens is 3. The number of hydrogen-bond acceptors (Lipinski definition) is 3. The van der Waals surface area contributed by atoms with Crippen molar-refractivity contribution < 1.29 is 0 Å². The first kappa shape index (κ1) is 12.0. The summed E-state index contributed by atoms with van der Waals surface area (Å²) in [5, 5.41) is 0. The standard InChI is InChI=1S/C13H12BrN3S/c1-7-3-2-4-9(15-7)12-16-11(8-5-6-8)10(14)13(18)17-12/h2-4,8H,5-6H2,1H3,(H,16,17,18). The molecule has 1 aliphatic rings. The molecule has 1 N–H and O–H groups in total. The van der Waals surface area contributed by atoms with Crippen molar-refractivity contribution in [3.05, 3.63) is 38.7 Å². The van der Waals surface area contributed by atoms with Gasteiger partial charge in [-0.25, -0.2) is 9.97 Å². The molecule has 0 amide bonds. The Morgan fingerprint density at radius 3 is 2.78 bits per heavy atom. The molecule has 0 atom stereocenters. The van der Waals surface area contributed by atoms with E-state index in [2.05, 4.69) is 30.9 Å². The van der Waals surface area contributed by atoms with Crippen LogP contribution in [0.15, 0.2) is 22.7 Å². The normalized spacial score (nSPS) is 14.8. The lowest BCUT2D eigenvalue weighted by molar-refractivity contribution is 0.964. The zero-order valence-electron chi connectivity index (χ0n) is 9.90. The smallest absolute Gasteiger partial charge is 0.157 e. The molecule has 18 heavy (non-hydrogen) atoms. The first-order chi connectivity index (χ1) is 8.65. The number of pyridine rings is 1. The van der Waals surface area contributed by atoms with E-state index in [1.54, 1.807) is 0 Å². The zero-order valence-corrected chi connectivity index (χ0v) is 12.3. The van der Waals surface area contributed by atoms with Gasteiger partial charge in [-0.05, 0) is 47.8 Å². The molecule has 1 fully saturated rings. The maximum atomic E-state index is 5.30. The minimum absolute atomic E-state index is 0.590. The average molecular weight is 322 g/mol. The van der Waals surface area contributed by atoms with Crippen LogP contribution < -0.4 is 0 Å². The Balaban J connectivity index is 2.15. The average Bonchev–Trinajstić information content (AvgIpc) is 3.16. The minimum atomic E-state index is 0.590. The Morgan fingerprint density at radius 2 is 2.11 bits per heavy atom. The molecule has 0 radical (unpaired) electrons. The van der Waals surface area contributed by atoms with Crippen LogP contribution in [0.2, 0.25) is 0 Å². The summed E-state index contributed by atoms with van der Waals surface area (Å²) in [6, 6.07) is 5.90. The van der Waals surface area contributed by atoms with E-state index < -0.39 is 0 Å². The van der Waals surface area contributed by atoms with Gasteiger partial charge in [0.05, 0.1) is 4.47 Å². The molecule has 2 aromatic heterocycles. The highest BCUT2D eigenvalue weighted by Crippen LogP contribution is 2.42. The van der Waals surface area contributed by atoms with Gasteiger partial charge in [0.2, 0.25) is 0 Å². The van der Waals surface area contributed by atoms with Gasteiger partial charge in [-0.1, -0.05) is 18.3 Å². The van der Waals surface area contributed by atoms with Crippen LogP contribution in [0, 0.1) is 11.6 Å². The summed E-state index contributed by atoms with van der Waals surface area (Å²) < 4.78 is 1.53. The lowest BCUT2D eigenvalue weighted by atomic mass is 10.2. The third kappa shape index (κ3) is 2.24. The van der Waals surface area contributed by atoms with Gasteiger partial charge in [0.15, 0.2) is 5.82 Å². The topological polar surface area (TPSA) is 41.6 Å². The zero-order chi connectivity index (χ0) is 12.7.